The van der Waals surface area contributed by atoms with Gasteiger partial charge < -0.3 is 10.2 Å². The molecule has 0 aromatic heterocycles. The van der Waals surface area contributed by atoms with Crippen molar-refractivity contribution in [2.75, 3.05) is 4.90 Å². The van der Waals surface area contributed by atoms with Crippen LogP contribution in [0.15, 0.2) is 45.6 Å². The molecule has 0 saturated carbocycles. The molecule has 0 heterocycles. The highest BCUT2D eigenvalue weighted by Gasteiger charge is 2.35. The van der Waals surface area contributed by atoms with Crippen LogP contribution in [0.2, 0.25) is 0 Å². The lowest BCUT2D eigenvalue weighted by Gasteiger charge is -2.32. The second-order valence-corrected chi connectivity index (χ2v) is 6.93. The number of halogens is 2. The first-order chi connectivity index (χ1) is 11.9. The van der Waals surface area contributed by atoms with E-state index in [9.17, 15) is 24.2 Å². The van der Waals surface area contributed by atoms with Crippen molar-refractivity contribution in [2.45, 2.75) is 38.5 Å². The minimum absolute atomic E-state index is 0.0263. The number of carbonyl (C=O) groups excluding carboxylic acids is 2. The lowest BCUT2D eigenvalue weighted by atomic mass is 9.95. The quantitative estimate of drug-likeness (QED) is 0.771. The standard InChI is InChI=1S/C18H17BrFNO4/c19-11-9-10(7-8-12(11)20)21(17-13(22)3-1-4-14(17)23)18-15(24)5-2-6-16(18)25/h7-9,22,24H,1-6H2. The number of allylic oxidation sites excluding steroid dienone is 4. The van der Waals surface area contributed by atoms with Crippen LogP contribution in [0.3, 0.4) is 0 Å². The molecular weight excluding hydrogens is 393 g/mol. The average Bonchev–Trinajstić information content (AvgIpc) is 2.55. The number of aliphatic hydroxyl groups excluding tert-OH is 2. The molecule has 0 atom stereocenters. The third-order valence-corrected chi connectivity index (χ3v) is 4.93. The Kier molecular flexibility index (Phi) is 4.94. The van der Waals surface area contributed by atoms with Crippen molar-refractivity contribution in [3.8, 4) is 0 Å². The maximum Gasteiger partial charge on any atom is 0.183 e. The molecule has 1 aromatic carbocycles. The Morgan fingerprint density at radius 2 is 1.44 bits per heavy atom. The molecule has 2 aliphatic carbocycles. The smallest absolute Gasteiger partial charge is 0.183 e. The first kappa shape index (κ1) is 17.7. The van der Waals surface area contributed by atoms with Gasteiger partial charge in [0, 0.05) is 31.4 Å². The molecule has 7 heteroatoms. The minimum Gasteiger partial charge on any atom is -0.510 e. The van der Waals surface area contributed by atoms with Crippen molar-refractivity contribution >= 4 is 33.2 Å². The third-order valence-electron chi connectivity index (χ3n) is 4.32. The van der Waals surface area contributed by atoms with Crippen molar-refractivity contribution in [3.05, 3.63) is 51.4 Å². The van der Waals surface area contributed by atoms with Crippen molar-refractivity contribution in [3.63, 3.8) is 0 Å². The first-order valence-corrected chi connectivity index (χ1v) is 8.85. The molecular formula is C18H17BrFNO4. The highest BCUT2D eigenvalue weighted by molar-refractivity contribution is 9.10. The molecule has 0 amide bonds. The van der Waals surface area contributed by atoms with Crippen molar-refractivity contribution in [1.82, 2.24) is 0 Å². The largest absolute Gasteiger partial charge is 0.510 e. The molecule has 0 aliphatic heterocycles. The van der Waals surface area contributed by atoms with Gasteiger partial charge in [0.1, 0.15) is 28.7 Å². The van der Waals surface area contributed by atoms with Crippen LogP contribution in [0.25, 0.3) is 0 Å². The molecule has 0 unspecified atom stereocenters. The van der Waals surface area contributed by atoms with Crippen LogP contribution in [0.1, 0.15) is 38.5 Å². The molecule has 0 fully saturated rings. The van der Waals surface area contributed by atoms with Gasteiger partial charge in [-0.05, 0) is 47.0 Å². The maximum atomic E-state index is 13.6. The van der Waals surface area contributed by atoms with Gasteiger partial charge in [-0.1, -0.05) is 0 Å². The Hall–Kier alpha value is -2.15. The number of hydrogen-bond donors (Lipinski definition) is 2. The predicted molar refractivity (Wildman–Crippen MR) is 93.6 cm³/mol. The molecule has 0 radical (unpaired) electrons. The summed E-state index contributed by atoms with van der Waals surface area (Å²) in [6.45, 7) is 0. The topological polar surface area (TPSA) is 77.8 Å². The summed E-state index contributed by atoms with van der Waals surface area (Å²) >= 11 is 3.09. The summed E-state index contributed by atoms with van der Waals surface area (Å²) in [7, 11) is 0. The Morgan fingerprint density at radius 1 is 0.920 bits per heavy atom. The number of rotatable bonds is 3. The van der Waals surface area contributed by atoms with Gasteiger partial charge in [0.05, 0.1) is 4.47 Å². The maximum absolute atomic E-state index is 13.6. The number of aliphatic hydroxyl groups is 2. The molecule has 25 heavy (non-hydrogen) atoms. The second kappa shape index (κ2) is 7.00. The molecule has 5 nitrogen and oxygen atoms in total. The van der Waals surface area contributed by atoms with Gasteiger partial charge in [-0.3, -0.25) is 14.5 Å². The fourth-order valence-electron chi connectivity index (χ4n) is 3.13. The number of ketones is 2. The molecule has 2 N–H and O–H groups in total. The SMILES string of the molecule is O=C1CCCC(O)=C1N(C1=C(O)CCCC1=O)c1ccc(F)c(Br)c1. The molecule has 1 aromatic rings. The monoisotopic (exact) mass is 409 g/mol. The molecule has 2 aliphatic rings. The summed E-state index contributed by atoms with van der Waals surface area (Å²) in [6, 6.07) is 4.02. The van der Waals surface area contributed by atoms with E-state index >= 15 is 0 Å². The molecule has 3 rings (SSSR count). The van der Waals surface area contributed by atoms with Crippen LogP contribution in [0, 0.1) is 5.82 Å². The van der Waals surface area contributed by atoms with Crippen LogP contribution >= 0.6 is 15.9 Å². The number of nitrogens with zero attached hydrogens (tertiary/aromatic N) is 1. The Bertz CT molecular complexity index is 773. The number of hydrogen-bond acceptors (Lipinski definition) is 5. The number of benzene rings is 1. The average molecular weight is 410 g/mol. The van der Waals surface area contributed by atoms with E-state index in [1.165, 1.54) is 23.1 Å². The molecule has 0 spiro atoms. The second-order valence-electron chi connectivity index (χ2n) is 6.08. The Balaban J connectivity index is 2.23. The van der Waals surface area contributed by atoms with Crippen LogP contribution in [-0.2, 0) is 9.59 Å². The van der Waals surface area contributed by atoms with E-state index in [4.69, 9.17) is 0 Å². The van der Waals surface area contributed by atoms with Gasteiger partial charge in [-0.2, -0.15) is 0 Å². The van der Waals surface area contributed by atoms with Gasteiger partial charge >= 0.3 is 0 Å². The lowest BCUT2D eigenvalue weighted by molar-refractivity contribution is -0.116. The van der Waals surface area contributed by atoms with E-state index in [1.54, 1.807) is 0 Å². The minimum atomic E-state index is -0.495. The van der Waals surface area contributed by atoms with Gasteiger partial charge in [0.2, 0.25) is 0 Å². The number of anilines is 1. The summed E-state index contributed by atoms with van der Waals surface area (Å²) in [5.41, 5.74) is 0.269. The predicted octanol–water partition coefficient (Wildman–Crippen LogP) is 4.44. The Labute approximate surface area is 152 Å². The first-order valence-electron chi connectivity index (χ1n) is 8.06. The summed E-state index contributed by atoms with van der Waals surface area (Å²) in [5.74, 6) is -1.39. The van der Waals surface area contributed by atoms with Crippen LogP contribution < -0.4 is 4.90 Å². The zero-order chi connectivity index (χ0) is 18.1. The van der Waals surface area contributed by atoms with E-state index in [1.807, 2.05) is 0 Å². The fourth-order valence-corrected chi connectivity index (χ4v) is 3.50. The lowest BCUT2D eigenvalue weighted by Crippen LogP contribution is -2.35. The van der Waals surface area contributed by atoms with Crippen LogP contribution in [0.4, 0.5) is 10.1 Å². The van der Waals surface area contributed by atoms with E-state index in [0.717, 1.165) is 0 Å². The van der Waals surface area contributed by atoms with Crippen LogP contribution in [0.5, 0.6) is 0 Å². The summed E-state index contributed by atoms with van der Waals surface area (Å²) in [4.78, 5) is 26.2. The van der Waals surface area contributed by atoms with E-state index in [2.05, 4.69) is 15.9 Å². The van der Waals surface area contributed by atoms with Crippen molar-refractivity contribution in [1.29, 1.82) is 0 Å². The van der Waals surface area contributed by atoms with E-state index in [0.29, 0.717) is 31.4 Å². The van der Waals surface area contributed by atoms with Crippen LogP contribution in [-0.4, -0.2) is 21.8 Å². The van der Waals surface area contributed by atoms with Crippen molar-refractivity contribution in [2.24, 2.45) is 0 Å². The summed E-state index contributed by atoms with van der Waals surface area (Å²) in [6.07, 6.45) is 2.13. The zero-order valence-electron chi connectivity index (χ0n) is 13.4. The van der Waals surface area contributed by atoms with Gasteiger partial charge in [-0.15, -0.1) is 0 Å². The summed E-state index contributed by atoms with van der Waals surface area (Å²) < 4.78 is 13.8. The molecule has 132 valence electrons. The normalized spacial score (nSPS) is 18.8. The zero-order valence-corrected chi connectivity index (χ0v) is 15.0. The summed E-state index contributed by atoms with van der Waals surface area (Å²) in [5, 5.41) is 20.6. The number of Topliss-reactive ketones (excluding diaryl/α,β-unsaturated/α-hetero) is 2. The fraction of sp³-hybridized carbons (Fsp3) is 0.333. The van der Waals surface area contributed by atoms with Gasteiger partial charge in [0.25, 0.3) is 0 Å². The van der Waals surface area contributed by atoms with Gasteiger partial charge in [0.15, 0.2) is 11.6 Å². The Morgan fingerprint density at radius 3 is 1.88 bits per heavy atom. The van der Waals surface area contributed by atoms with Crippen molar-refractivity contribution < 1.29 is 24.2 Å². The molecule has 0 saturated heterocycles. The van der Waals surface area contributed by atoms with Gasteiger partial charge in [-0.25, -0.2) is 4.39 Å². The highest BCUT2D eigenvalue weighted by atomic mass is 79.9. The number of carbonyl (C=O) groups is 2. The molecule has 0 bridgehead atoms. The van der Waals surface area contributed by atoms with E-state index in [-0.39, 0.29) is 51.8 Å². The highest BCUT2D eigenvalue weighted by Crippen LogP contribution is 2.36. The van der Waals surface area contributed by atoms with E-state index < -0.39 is 5.82 Å². The third kappa shape index (κ3) is 3.33.